The fraction of sp³-hybridized carbons (Fsp3) is 0.480. The molecule has 0 aliphatic carbocycles. The van der Waals surface area contributed by atoms with Crippen LogP contribution < -0.4 is 0 Å². The summed E-state index contributed by atoms with van der Waals surface area (Å²) in [5.74, 6) is 0.411. The van der Waals surface area contributed by atoms with E-state index in [0.29, 0.717) is 5.91 Å². The molecule has 0 saturated carbocycles. The van der Waals surface area contributed by atoms with E-state index >= 15 is 0 Å². The minimum atomic E-state index is 0.0931. The van der Waals surface area contributed by atoms with Crippen molar-refractivity contribution >= 4 is 5.91 Å². The lowest BCUT2D eigenvalue weighted by Crippen LogP contribution is -2.57. The third-order valence-electron chi connectivity index (χ3n) is 6.54. The van der Waals surface area contributed by atoms with Crippen LogP contribution in [-0.2, 0) is 11.3 Å². The third kappa shape index (κ3) is 3.86. The van der Waals surface area contributed by atoms with Crippen molar-refractivity contribution in [3.63, 3.8) is 0 Å². The molecule has 2 aliphatic rings. The van der Waals surface area contributed by atoms with Crippen LogP contribution in [0, 0.1) is 5.92 Å². The predicted octanol–water partition coefficient (Wildman–Crippen LogP) is 4.97. The highest BCUT2D eigenvalue weighted by atomic mass is 16.2. The molecule has 1 spiro atoms. The molecule has 1 atom stereocenters. The summed E-state index contributed by atoms with van der Waals surface area (Å²) in [6.07, 6.45) is 4.81. The van der Waals surface area contributed by atoms with Crippen molar-refractivity contribution in [2.45, 2.75) is 51.6 Å². The van der Waals surface area contributed by atoms with Crippen molar-refractivity contribution in [1.82, 2.24) is 9.80 Å². The first kappa shape index (κ1) is 19.2. The van der Waals surface area contributed by atoms with Gasteiger partial charge in [-0.15, -0.1) is 0 Å². The van der Waals surface area contributed by atoms with Gasteiger partial charge in [0.05, 0.1) is 0 Å². The van der Waals surface area contributed by atoms with Crippen LogP contribution in [0.2, 0.25) is 0 Å². The maximum atomic E-state index is 12.6. The molecular weight excluding hydrogens is 344 g/mol. The Morgan fingerprint density at radius 3 is 2.25 bits per heavy atom. The van der Waals surface area contributed by atoms with Gasteiger partial charge in [0, 0.05) is 31.1 Å². The van der Waals surface area contributed by atoms with Gasteiger partial charge >= 0.3 is 0 Å². The highest BCUT2D eigenvalue weighted by molar-refractivity contribution is 5.78. The Balaban J connectivity index is 1.47. The predicted molar refractivity (Wildman–Crippen MR) is 115 cm³/mol. The number of likely N-dealkylation sites (tertiary alicyclic amines) is 2. The van der Waals surface area contributed by atoms with Gasteiger partial charge in [0.2, 0.25) is 5.91 Å². The summed E-state index contributed by atoms with van der Waals surface area (Å²) in [5.41, 5.74) is 4.09. The molecule has 2 aromatic rings. The van der Waals surface area contributed by atoms with Crippen molar-refractivity contribution in [1.29, 1.82) is 0 Å². The van der Waals surface area contributed by atoms with Crippen LogP contribution >= 0.6 is 0 Å². The van der Waals surface area contributed by atoms with Gasteiger partial charge in [-0.25, -0.2) is 0 Å². The molecule has 2 fully saturated rings. The minimum absolute atomic E-state index is 0.0931. The first-order chi connectivity index (χ1) is 13.6. The van der Waals surface area contributed by atoms with Gasteiger partial charge in [0.15, 0.2) is 0 Å². The average molecular weight is 377 g/mol. The fourth-order valence-electron chi connectivity index (χ4n) is 5.02. The summed E-state index contributed by atoms with van der Waals surface area (Å²) >= 11 is 0. The Bertz CT molecular complexity index is 799. The van der Waals surface area contributed by atoms with Crippen molar-refractivity contribution in [2.24, 2.45) is 5.92 Å². The van der Waals surface area contributed by atoms with Crippen LogP contribution in [0.15, 0.2) is 54.6 Å². The number of nitrogens with zero attached hydrogens (tertiary/aromatic N) is 2. The third-order valence-corrected chi connectivity index (χ3v) is 6.54. The second kappa shape index (κ2) is 8.08. The Hall–Kier alpha value is -2.13. The molecule has 0 N–H and O–H groups in total. The summed E-state index contributed by atoms with van der Waals surface area (Å²) in [5, 5.41) is 0. The number of piperidine rings is 1. The molecule has 2 saturated heterocycles. The Morgan fingerprint density at radius 1 is 0.929 bits per heavy atom. The molecule has 0 unspecified atom stereocenters. The SMILES string of the molecule is CC(C)C(=O)N1CCC[C@]2(CCCN2Cc2ccc(-c3ccccc3)cc2)C1. The summed E-state index contributed by atoms with van der Waals surface area (Å²) in [6, 6.07) is 19.6. The summed E-state index contributed by atoms with van der Waals surface area (Å²) in [4.78, 5) is 17.4. The van der Waals surface area contributed by atoms with Crippen LogP contribution in [0.25, 0.3) is 11.1 Å². The van der Waals surface area contributed by atoms with Crippen LogP contribution in [0.3, 0.4) is 0 Å². The number of amides is 1. The lowest BCUT2D eigenvalue weighted by atomic mass is 9.85. The molecule has 2 heterocycles. The van der Waals surface area contributed by atoms with E-state index in [4.69, 9.17) is 0 Å². The minimum Gasteiger partial charge on any atom is -0.341 e. The van der Waals surface area contributed by atoms with Crippen LogP contribution in [0.5, 0.6) is 0 Å². The average Bonchev–Trinajstić information content (AvgIpc) is 3.09. The smallest absolute Gasteiger partial charge is 0.225 e. The van der Waals surface area contributed by atoms with Crippen molar-refractivity contribution in [3.8, 4) is 11.1 Å². The largest absolute Gasteiger partial charge is 0.341 e. The number of benzene rings is 2. The van der Waals surface area contributed by atoms with E-state index in [9.17, 15) is 4.79 Å². The zero-order valence-electron chi connectivity index (χ0n) is 17.2. The number of carbonyl (C=O) groups is 1. The normalized spacial score (nSPS) is 22.9. The standard InChI is InChI=1S/C25H32N2O/c1-20(2)24(28)26-16-6-14-25(19-26)15-7-17-27(25)18-21-10-12-23(13-11-21)22-8-4-3-5-9-22/h3-5,8-13,20H,6-7,14-19H2,1-2H3/t25-/m0/s1. The monoisotopic (exact) mass is 376 g/mol. The number of hydrogen-bond donors (Lipinski definition) is 0. The Labute approximate surface area is 169 Å². The molecule has 28 heavy (non-hydrogen) atoms. The zero-order valence-corrected chi connectivity index (χ0v) is 17.2. The topological polar surface area (TPSA) is 23.6 Å². The number of rotatable bonds is 4. The van der Waals surface area contributed by atoms with E-state index < -0.39 is 0 Å². The Morgan fingerprint density at radius 2 is 1.57 bits per heavy atom. The van der Waals surface area contributed by atoms with Gasteiger partial charge in [-0.05, 0) is 48.9 Å². The van der Waals surface area contributed by atoms with Crippen LogP contribution in [-0.4, -0.2) is 40.9 Å². The van der Waals surface area contributed by atoms with E-state index in [1.165, 1.54) is 36.0 Å². The van der Waals surface area contributed by atoms with Gasteiger partial charge in [-0.3, -0.25) is 9.69 Å². The van der Waals surface area contributed by atoms with Crippen molar-refractivity contribution in [3.05, 3.63) is 60.2 Å². The lowest BCUT2D eigenvalue weighted by molar-refractivity contribution is -0.138. The van der Waals surface area contributed by atoms with Gasteiger partial charge in [0.1, 0.15) is 0 Å². The highest BCUT2D eigenvalue weighted by Crippen LogP contribution is 2.38. The van der Waals surface area contributed by atoms with Crippen molar-refractivity contribution in [2.75, 3.05) is 19.6 Å². The van der Waals surface area contributed by atoms with Crippen LogP contribution in [0.1, 0.15) is 45.1 Å². The molecule has 0 radical (unpaired) electrons. The molecule has 0 bridgehead atoms. The maximum Gasteiger partial charge on any atom is 0.225 e. The molecule has 2 aliphatic heterocycles. The van der Waals surface area contributed by atoms with Gasteiger partial charge in [0.25, 0.3) is 0 Å². The molecule has 2 aromatic carbocycles. The maximum absolute atomic E-state index is 12.6. The molecule has 4 rings (SSSR count). The van der Waals surface area contributed by atoms with E-state index in [0.717, 1.165) is 32.6 Å². The summed E-state index contributed by atoms with van der Waals surface area (Å²) in [6.45, 7) is 8.00. The molecule has 148 valence electrons. The van der Waals surface area contributed by atoms with Crippen LogP contribution in [0.4, 0.5) is 0 Å². The first-order valence-electron chi connectivity index (χ1n) is 10.8. The van der Waals surface area contributed by atoms with E-state index in [2.05, 4.69) is 64.4 Å². The summed E-state index contributed by atoms with van der Waals surface area (Å²) in [7, 11) is 0. The van der Waals surface area contributed by atoms with E-state index in [-0.39, 0.29) is 11.5 Å². The molecule has 3 heteroatoms. The van der Waals surface area contributed by atoms with E-state index in [1.54, 1.807) is 0 Å². The molecule has 3 nitrogen and oxygen atoms in total. The van der Waals surface area contributed by atoms with Crippen molar-refractivity contribution < 1.29 is 4.79 Å². The molecular formula is C25H32N2O. The molecule has 0 aromatic heterocycles. The van der Waals surface area contributed by atoms with E-state index in [1.807, 2.05) is 13.8 Å². The van der Waals surface area contributed by atoms with Gasteiger partial charge < -0.3 is 4.90 Å². The molecule has 1 amide bonds. The number of carbonyl (C=O) groups excluding carboxylic acids is 1. The quantitative estimate of drug-likeness (QED) is 0.752. The van der Waals surface area contributed by atoms with Gasteiger partial charge in [-0.2, -0.15) is 0 Å². The van der Waals surface area contributed by atoms with Gasteiger partial charge in [-0.1, -0.05) is 68.4 Å². The second-order valence-corrected chi connectivity index (χ2v) is 8.83. The first-order valence-corrected chi connectivity index (χ1v) is 10.8. The number of hydrogen-bond acceptors (Lipinski definition) is 2. The summed E-state index contributed by atoms with van der Waals surface area (Å²) < 4.78 is 0. The Kier molecular flexibility index (Phi) is 5.54. The second-order valence-electron chi connectivity index (χ2n) is 8.83. The highest BCUT2D eigenvalue weighted by Gasteiger charge is 2.44. The fourth-order valence-corrected chi connectivity index (χ4v) is 5.02. The zero-order chi connectivity index (χ0) is 19.6. The lowest BCUT2D eigenvalue weighted by Gasteiger charge is -2.46.